The Morgan fingerprint density at radius 3 is 2.43 bits per heavy atom. The van der Waals surface area contributed by atoms with Gasteiger partial charge in [-0.15, -0.1) is 0 Å². The van der Waals surface area contributed by atoms with Gasteiger partial charge in [0.25, 0.3) is 0 Å². The smallest absolute Gasteiger partial charge is 0.337 e. The van der Waals surface area contributed by atoms with Crippen molar-refractivity contribution in [2.24, 2.45) is 0 Å². The Balaban J connectivity index is 1.89. The van der Waals surface area contributed by atoms with Crippen LogP contribution in [0.2, 0.25) is 5.02 Å². The molecule has 1 aromatic rings. The maximum atomic E-state index is 12.9. The molecule has 0 bridgehead atoms. The molecule has 0 aliphatic heterocycles. The minimum Gasteiger partial charge on any atom is -0.337 e. The number of amides is 2. The molecule has 2 rings (SSSR count). The number of nitrogens with zero attached hydrogens (tertiary/aromatic N) is 2. The molecule has 1 aromatic carbocycles. The van der Waals surface area contributed by atoms with E-state index < -0.39 is 28.2 Å². The summed E-state index contributed by atoms with van der Waals surface area (Å²) in [6, 6.07) is 5.22. The number of alkyl halides is 3. The average molecular weight is 417 g/mol. The van der Waals surface area contributed by atoms with Gasteiger partial charge in [0.1, 0.15) is 5.54 Å². The molecular weight excluding hydrogens is 397 g/mol. The number of carbonyl (C=O) groups is 2. The van der Waals surface area contributed by atoms with Crippen LogP contribution in [0.5, 0.6) is 0 Å². The quantitative estimate of drug-likeness (QED) is 0.745. The number of nitrogens with one attached hydrogen (secondary N) is 2. The lowest BCUT2D eigenvalue weighted by molar-refractivity contribution is -0.137. The van der Waals surface area contributed by atoms with Crippen molar-refractivity contribution in [3.8, 4) is 6.07 Å². The Bertz CT molecular complexity index is 786. The van der Waals surface area contributed by atoms with E-state index >= 15 is 0 Å². The first-order valence-corrected chi connectivity index (χ1v) is 9.00. The van der Waals surface area contributed by atoms with Crippen LogP contribution in [0.1, 0.15) is 31.2 Å². The fourth-order valence-corrected chi connectivity index (χ4v) is 3.34. The Hall–Kier alpha value is -2.31. The van der Waals surface area contributed by atoms with Crippen LogP contribution in [0.3, 0.4) is 0 Å². The van der Waals surface area contributed by atoms with Crippen LogP contribution in [-0.2, 0) is 15.8 Å². The summed E-state index contributed by atoms with van der Waals surface area (Å²) in [7, 11) is 1.52. The monoisotopic (exact) mass is 416 g/mol. The third-order valence-electron chi connectivity index (χ3n) is 4.43. The van der Waals surface area contributed by atoms with Crippen LogP contribution < -0.4 is 10.6 Å². The lowest BCUT2D eigenvalue weighted by Crippen LogP contribution is -2.49. The first-order valence-electron chi connectivity index (χ1n) is 8.62. The van der Waals surface area contributed by atoms with Crippen molar-refractivity contribution >= 4 is 29.1 Å². The van der Waals surface area contributed by atoms with E-state index in [1.165, 1.54) is 18.0 Å². The van der Waals surface area contributed by atoms with Gasteiger partial charge in [0.2, 0.25) is 11.8 Å². The van der Waals surface area contributed by atoms with Gasteiger partial charge < -0.3 is 10.6 Å². The lowest BCUT2D eigenvalue weighted by Gasteiger charge is -2.24. The maximum absolute atomic E-state index is 12.9. The van der Waals surface area contributed by atoms with Gasteiger partial charge in [0, 0.05) is 5.69 Å². The molecule has 2 N–H and O–H groups in total. The number of nitriles is 1. The van der Waals surface area contributed by atoms with E-state index in [2.05, 4.69) is 16.7 Å². The van der Waals surface area contributed by atoms with E-state index in [-0.39, 0.29) is 24.7 Å². The second-order valence-electron chi connectivity index (χ2n) is 6.86. The topological polar surface area (TPSA) is 85.2 Å². The molecule has 0 aromatic heterocycles. The van der Waals surface area contributed by atoms with Gasteiger partial charge in [0.05, 0.1) is 29.7 Å². The Kier molecular flexibility index (Phi) is 6.91. The number of halogens is 4. The molecule has 28 heavy (non-hydrogen) atoms. The van der Waals surface area contributed by atoms with Gasteiger partial charge in [0.15, 0.2) is 0 Å². The second kappa shape index (κ2) is 8.80. The van der Waals surface area contributed by atoms with Gasteiger partial charge in [-0.1, -0.05) is 11.6 Å². The van der Waals surface area contributed by atoms with Crippen molar-refractivity contribution in [1.82, 2.24) is 10.2 Å². The van der Waals surface area contributed by atoms with Crippen molar-refractivity contribution in [1.29, 1.82) is 5.26 Å². The molecule has 1 aliphatic rings. The summed E-state index contributed by atoms with van der Waals surface area (Å²) in [5.41, 5.74) is -1.94. The van der Waals surface area contributed by atoms with Gasteiger partial charge in [-0.2, -0.15) is 18.4 Å². The highest BCUT2D eigenvalue weighted by Gasteiger charge is 2.35. The van der Waals surface area contributed by atoms with Crippen LogP contribution >= 0.6 is 11.6 Å². The predicted octanol–water partition coefficient (Wildman–Crippen LogP) is 3.18. The van der Waals surface area contributed by atoms with E-state index in [1.807, 2.05) is 0 Å². The normalized spacial score (nSPS) is 15.9. The molecule has 0 atom stereocenters. The zero-order valence-electron chi connectivity index (χ0n) is 15.2. The van der Waals surface area contributed by atoms with E-state index in [1.54, 1.807) is 0 Å². The summed E-state index contributed by atoms with van der Waals surface area (Å²) >= 11 is 5.54. The van der Waals surface area contributed by atoms with Gasteiger partial charge >= 0.3 is 6.18 Å². The third-order valence-corrected chi connectivity index (χ3v) is 4.76. The molecule has 152 valence electrons. The summed E-state index contributed by atoms with van der Waals surface area (Å²) in [4.78, 5) is 25.6. The highest BCUT2D eigenvalue weighted by molar-refractivity contribution is 6.31. The van der Waals surface area contributed by atoms with Crippen LogP contribution in [0, 0.1) is 11.3 Å². The standard InChI is InChI=1S/C18H20ClF3N4O2/c1-26(10-16(28)25-17(11-23)6-2-3-7-17)9-15(27)24-12-4-5-14(19)13(8-12)18(20,21)22/h4-5,8H,2-3,6-7,9-10H2,1H3,(H,24,27)(H,25,28). The fourth-order valence-electron chi connectivity index (χ4n) is 3.12. The predicted molar refractivity (Wildman–Crippen MR) is 97.5 cm³/mol. The van der Waals surface area contributed by atoms with E-state index in [4.69, 9.17) is 11.6 Å². The Morgan fingerprint density at radius 2 is 1.86 bits per heavy atom. The molecule has 0 unspecified atom stereocenters. The third kappa shape index (κ3) is 5.84. The molecule has 0 saturated heterocycles. The van der Waals surface area contributed by atoms with Crippen molar-refractivity contribution in [2.75, 3.05) is 25.5 Å². The molecule has 0 heterocycles. The van der Waals surface area contributed by atoms with Crippen LogP contribution in [0.15, 0.2) is 18.2 Å². The summed E-state index contributed by atoms with van der Waals surface area (Å²) in [6.07, 6.45) is -1.71. The summed E-state index contributed by atoms with van der Waals surface area (Å²) in [6.45, 7) is -0.331. The molecule has 2 amide bonds. The maximum Gasteiger partial charge on any atom is 0.417 e. The van der Waals surface area contributed by atoms with Gasteiger partial charge in [-0.3, -0.25) is 14.5 Å². The van der Waals surface area contributed by atoms with Gasteiger partial charge in [-0.25, -0.2) is 0 Å². The number of anilines is 1. The van der Waals surface area contributed by atoms with E-state index in [9.17, 15) is 28.0 Å². The van der Waals surface area contributed by atoms with Crippen molar-refractivity contribution in [2.45, 2.75) is 37.4 Å². The minimum absolute atomic E-state index is 0.0473. The highest BCUT2D eigenvalue weighted by atomic mass is 35.5. The molecule has 1 fully saturated rings. The average Bonchev–Trinajstić information content (AvgIpc) is 3.04. The minimum atomic E-state index is -4.64. The number of benzene rings is 1. The van der Waals surface area contributed by atoms with Crippen LogP contribution in [-0.4, -0.2) is 42.4 Å². The molecule has 1 saturated carbocycles. The Morgan fingerprint density at radius 1 is 1.25 bits per heavy atom. The first-order chi connectivity index (χ1) is 13.0. The Labute approximate surface area is 165 Å². The van der Waals surface area contributed by atoms with E-state index in [0.29, 0.717) is 12.8 Å². The molecule has 6 nitrogen and oxygen atoms in total. The molecule has 0 radical (unpaired) electrons. The van der Waals surface area contributed by atoms with Crippen LogP contribution in [0.4, 0.5) is 18.9 Å². The largest absolute Gasteiger partial charge is 0.417 e. The number of hydrogen-bond acceptors (Lipinski definition) is 4. The van der Waals surface area contributed by atoms with Crippen molar-refractivity contribution in [3.63, 3.8) is 0 Å². The summed E-state index contributed by atoms with van der Waals surface area (Å²) < 4.78 is 38.6. The number of likely N-dealkylation sites (N-methyl/N-ethyl adjacent to an activating group) is 1. The SMILES string of the molecule is CN(CC(=O)Nc1ccc(Cl)c(C(F)(F)F)c1)CC(=O)NC1(C#N)CCCC1. The zero-order chi connectivity index (χ0) is 20.9. The molecule has 10 heteroatoms. The lowest BCUT2D eigenvalue weighted by atomic mass is 10.00. The number of hydrogen-bond donors (Lipinski definition) is 2. The fraction of sp³-hybridized carbons (Fsp3) is 0.500. The molecule has 1 aliphatic carbocycles. The molecule has 0 spiro atoms. The summed E-state index contributed by atoms with van der Waals surface area (Å²) in [5.74, 6) is -0.966. The van der Waals surface area contributed by atoms with Crippen molar-refractivity contribution in [3.05, 3.63) is 28.8 Å². The highest BCUT2D eigenvalue weighted by Crippen LogP contribution is 2.36. The van der Waals surface area contributed by atoms with E-state index in [0.717, 1.165) is 25.0 Å². The summed E-state index contributed by atoms with van der Waals surface area (Å²) in [5, 5.41) is 13.9. The number of rotatable bonds is 6. The van der Waals surface area contributed by atoms with Crippen molar-refractivity contribution < 1.29 is 22.8 Å². The first kappa shape index (κ1) is 22.0. The van der Waals surface area contributed by atoms with Crippen LogP contribution in [0.25, 0.3) is 0 Å². The second-order valence-corrected chi connectivity index (χ2v) is 7.27. The molecular formula is C18H20ClF3N4O2. The zero-order valence-corrected chi connectivity index (χ0v) is 16.0. The number of carbonyl (C=O) groups excluding carboxylic acids is 2. The van der Waals surface area contributed by atoms with Gasteiger partial charge in [-0.05, 0) is 50.9 Å².